The van der Waals surface area contributed by atoms with Crippen molar-refractivity contribution < 1.29 is 18.0 Å². The van der Waals surface area contributed by atoms with Gasteiger partial charge in [-0.2, -0.15) is 13.2 Å². The number of rotatable bonds is 7. The number of amides is 1. The lowest BCUT2D eigenvalue weighted by atomic mass is 9.91. The molecule has 0 saturated carbocycles. The van der Waals surface area contributed by atoms with Gasteiger partial charge in [-0.05, 0) is 67.8 Å². The van der Waals surface area contributed by atoms with Crippen LogP contribution in [-0.2, 0) is 6.18 Å². The van der Waals surface area contributed by atoms with Gasteiger partial charge in [-0.25, -0.2) is 4.98 Å². The van der Waals surface area contributed by atoms with Gasteiger partial charge in [0.25, 0.3) is 5.91 Å². The van der Waals surface area contributed by atoms with Crippen LogP contribution in [0.25, 0.3) is 0 Å². The number of halogens is 3. The molecule has 3 rings (SSSR count). The molecule has 33 heavy (non-hydrogen) atoms. The van der Waals surface area contributed by atoms with Crippen LogP contribution >= 0.6 is 11.9 Å². The van der Waals surface area contributed by atoms with Gasteiger partial charge >= 0.3 is 6.18 Å². The van der Waals surface area contributed by atoms with E-state index in [0.717, 1.165) is 67.6 Å². The number of nitrogens with two attached hydrogens (primary N) is 1. The van der Waals surface area contributed by atoms with Gasteiger partial charge in [0, 0.05) is 29.4 Å². The van der Waals surface area contributed by atoms with Crippen molar-refractivity contribution in [2.24, 2.45) is 11.1 Å². The van der Waals surface area contributed by atoms with Gasteiger partial charge in [-0.15, -0.1) is 0 Å². The van der Waals surface area contributed by atoms with Gasteiger partial charge in [0.2, 0.25) is 0 Å². The molecule has 9 heteroatoms. The number of aromatic nitrogens is 1. The Bertz CT molecular complexity index is 954. The summed E-state index contributed by atoms with van der Waals surface area (Å²) in [6, 6.07) is 7.91. The van der Waals surface area contributed by atoms with Gasteiger partial charge in [-0.1, -0.05) is 32.8 Å². The first-order valence-electron chi connectivity index (χ1n) is 11.4. The molecule has 180 valence electrons. The highest BCUT2D eigenvalue weighted by Crippen LogP contribution is 2.35. The minimum absolute atomic E-state index is 0.0666. The number of hydrogen-bond acceptors (Lipinski definition) is 5. The zero-order valence-electron chi connectivity index (χ0n) is 19.0. The Morgan fingerprint density at radius 3 is 2.76 bits per heavy atom. The Morgan fingerprint density at radius 1 is 1.30 bits per heavy atom. The minimum atomic E-state index is -4.59. The smallest absolute Gasteiger partial charge is 0.353 e. The fourth-order valence-electron chi connectivity index (χ4n) is 4.55. The van der Waals surface area contributed by atoms with E-state index in [4.69, 9.17) is 5.14 Å². The number of nitrogens with one attached hydrogen (secondary N) is 1. The van der Waals surface area contributed by atoms with Crippen LogP contribution in [0.2, 0.25) is 0 Å². The number of alkyl halides is 3. The topological polar surface area (TPSA) is 71.2 Å². The first-order valence-corrected chi connectivity index (χ1v) is 12.3. The Labute approximate surface area is 197 Å². The van der Waals surface area contributed by atoms with E-state index in [1.165, 1.54) is 0 Å². The molecule has 0 radical (unpaired) electrons. The van der Waals surface area contributed by atoms with E-state index in [-0.39, 0.29) is 11.6 Å². The molecule has 1 fully saturated rings. The van der Waals surface area contributed by atoms with Crippen LogP contribution in [0.15, 0.2) is 41.4 Å². The number of pyridine rings is 1. The van der Waals surface area contributed by atoms with E-state index in [0.29, 0.717) is 24.0 Å². The zero-order valence-corrected chi connectivity index (χ0v) is 19.8. The summed E-state index contributed by atoms with van der Waals surface area (Å²) in [6.45, 7) is 4.91. The summed E-state index contributed by atoms with van der Waals surface area (Å²) in [5.74, 6) is 0.272. The highest BCUT2D eigenvalue weighted by molar-refractivity contribution is 7.97. The lowest BCUT2D eigenvalue weighted by molar-refractivity contribution is -0.137. The number of nitrogens with zero attached hydrogens (tertiary/aromatic N) is 2. The maximum absolute atomic E-state index is 13.5. The van der Waals surface area contributed by atoms with Gasteiger partial charge in [0.15, 0.2) is 0 Å². The number of carbonyl (C=O) groups excluding carboxylic acids is 1. The fourth-order valence-corrected chi connectivity index (χ4v) is 4.91. The maximum Gasteiger partial charge on any atom is 0.417 e. The van der Waals surface area contributed by atoms with Crippen LogP contribution in [0, 0.1) is 5.92 Å². The predicted molar refractivity (Wildman–Crippen MR) is 127 cm³/mol. The van der Waals surface area contributed by atoms with Crippen molar-refractivity contribution in [1.82, 2.24) is 4.98 Å². The van der Waals surface area contributed by atoms with E-state index in [1.54, 1.807) is 24.3 Å². The third-order valence-corrected chi connectivity index (χ3v) is 6.69. The number of anilines is 2. The van der Waals surface area contributed by atoms with Crippen molar-refractivity contribution in [3.05, 3.63) is 47.7 Å². The Hall–Kier alpha value is -2.26. The number of hydrogen-bond donors (Lipinski definition) is 2. The molecule has 1 aromatic heterocycles. The summed E-state index contributed by atoms with van der Waals surface area (Å²) in [5, 5.41) is 8.32. The SMILES string of the molecule is CCCC1CCCN(c2ncc(C(F)(F)F)cc2C(=O)Nc2cccc(SN)c2)C(CC)C1. The molecule has 2 atom stereocenters. The largest absolute Gasteiger partial charge is 0.417 e. The van der Waals surface area contributed by atoms with E-state index in [2.05, 4.69) is 24.1 Å². The van der Waals surface area contributed by atoms with Crippen molar-refractivity contribution in [3.8, 4) is 0 Å². The first kappa shape index (κ1) is 25.4. The lowest BCUT2D eigenvalue weighted by Gasteiger charge is -2.33. The molecule has 5 nitrogen and oxygen atoms in total. The quantitative estimate of drug-likeness (QED) is 0.443. The number of carbonyl (C=O) groups is 1. The molecule has 2 heterocycles. The van der Waals surface area contributed by atoms with E-state index in [9.17, 15) is 18.0 Å². The summed E-state index contributed by atoms with van der Waals surface area (Å²) in [4.78, 5) is 20.2. The van der Waals surface area contributed by atoms with Crippen LogP contribution in [0.4, 0.5) is 24.7 Å². The fraction of sp³-hybridized carbons (Fsp3) is 0.500. The standard InChI is InChI=1S/C24H31F3N4OS/c1-3-7-16-8-6-11-31(19(4-2)12-16)22-21(13-17(15-29-22)24(25,26)27)23(32)30-18-9-5-10-20(14-18)33-28/h5,9-10,13-16,19H,3-4,6-8,11-12,28H2,1-2H3,(H,30,32). The van der Waals surface area contributed by atoms with E-state index >= 15 is 0 Å². The second-order valence-electron chi connectivity index (χ2n) is 8.48. The molecule has 0 spiro atoms. The summed E-state index contributed by atoms with van der Waals surface area (Å²) in [6.07, 6.45) is 2.25. The molecular formula is C24H31F3N4OS. The predicted octanol–water partition coefficient (Wildman–Crippen LogP) is 6.50. The Kier molecular flexibility index (Phi) is 8.64. The average molecular weight is 481 g/mol. The summed E-state index contributed by atoms with van der Waals surface area (Å²) >= 11 is 1.03. The van der Waals surface area contributed by atoms with Crippen molar-refractivity contribution in [2.75, 3.05) is 16.8 Å². The molecular weight excluding hydrogens is 449 g/mol. The Morgan fingerprint density at radius 2 is 2.09 bits per heavy atom. The van der Waals surface area contributed by atoms with Gasteiger partial charge in [0.1, 0.15) is 5.82 Å². The monoisotopic (exact) mass is 480 g/mol. The van der Waals surface area contributed by atoms with Crippen LogP contribution in [0.3, 0.4) is 0 Å². The molecule has 1 amide bonds. The molecule has 3 N–H and O–H groups in total. The third kappa shape index (κ3) is 6.41. The second kappa shape index (κ2) is 11.2. The van der Waals surface area contributed by atoms with Crippen molar-refractivity contribution in [3.63, 3.8) is 0 Å². The summed E-state index contributed by atoms with van der Waals surface area (Å²) in [5.41, 5.74) is -0.540. The maximum atomic E-state index is 13.5. The van der Waals surface area contributed by atoms with Crippen molar-refractivity contribution in [2.45, 2.75) is 69.5 Å². The van der Waals surface area contributed by atoms with Gasteiger partial charge in [0.05, 0.1) is 11.1 Å². The molecule has 0 aliphatic carbocycles. The molecule has 2 aromatic rings. The van der Waals surface area contributed by atoms with E-state index in [1.807, 2.05) is 4.90 Å². The summed E-state index contributed by atoms with van der Waals surface area (Å²) < 4.78 is 40.4. The van der Waals surface area contributed by atoms with Crippen LogP contribution in [-0.4, -0.2) is 23.5 Å². The lowest BCUT2D eigenvalue weighted by Crippen LogP contribution is -2.37. The average Bonchev–Trinajstić information content (AvgIpc) is 3.00. The molecule has 2 unspecified atom stereocenters. The van der Waals surface area contributed by atoms with Crippen LogP contribution in [0.1, 0.15) is 68.3 Å². The number of benzene rings is 1. The van der Waals surface area contributed by atoms with Crippen LogP contribution in [0.5, 0.6) is 0 Å². The molecule has 0 bridgehead atoms. The molecule has 1 aromatic carbocycles. The molecule has 1 aliphatic heterocycles. The molecule has 1 aliphatic rings. The minimum Gasteiger partial charge on any atom is -0.353 e. The van der Waals surface area contributed by atoms with Crippen molar-refractivity contribution in [1.29, 1.82) is 0 Å². The highest BCUT2D eigenvalue weighted by Gasteiger charge is 2.35. The molecule has 1 saturated heterocycles. The zero-order chi connectivity index (χ0) is 24.0. The van der Waals surface area contributed by atoms with Crippen molar-refractivity contribution >= 4 is 29.4 Å². The van der Waals surface area contributed by atoms with E-state index < -0.39 is 17.6 Å². The first-order chi connectivity index (χ1) is 15.8. The normalized spacial score (nSPS) is 19.3. The van der Waals surface area contributed by atoms with Gasteiger partial charge < -0.3 is 10.2 Å². The van der Waals surface area contributed by atoms with Gasteiger partial charge in [-0.3, -0.25) is 9.93 Å². The second-order valence-corrected chi connectivity index (χ2v) is 9.19. The summed E-state index contributed by atoms with van der Waals surface area (Å²) in [7, 11) is 0. The van der Waals surface area contributed by atoms with Crippen LogP contribution < -0.4 is 15.4 Å². The third-order valence-electron chi connectivity index (χ3n) is 6.16. The Balaban J connectivity index is 1.99. The highest BCUT2D eigenvalue weighted by atomic mass is 32.2.